The molecule has 6 nitrogen and oxygen atoms in total. The monoisotopic (exact) mass is 637 g/mol. The highest BCUT2D eigenvalue weighted by molar-refractivity contribution is 7.16. The van der Waals surface area contributed by atoms with E-state index < -0.39 is 0 Å². The number of halogens is 1. The molecule has 0 fully saturated rings. The fourth-order valence-corrected chi connectivity index (χ4v) is 6.92. The molecule has 0 aliphatic carbocycles. The summed E-state index contributed by atoms with van der Waals surface area (Å²) >= 11 is 8.23. The maximum Gasteiger partial charge on any atom is 0.189 e. The molecule has 0 aliphatic heterocycles. The molecule has 0 spiro atoms. The van der Waals surface area contributed by atoms with Gasteiger partial charge in [0.05, 0.1) is 23.4 Å². The van der Waals surface area contributed by atoms with Crippen molar-refractivity contribution >= 4 is 39.7 Å². The number of hydrogen-bond donors (Lipinski definition) is 0. The Morgan fingerprint density at radius 1 is 0.864 bits per heavy atom. The van der Waals surface area contributed by atoms with Gasteiger partial charge >= 0.3 is 0 Å². The van der Waals surface area contributed by atoms with Gasteiger partial charge in [-0.25, -0.2) is 0 Å². The van der Waals surface area contributed by atoms with Gasteiger partial charge < -0.3 is 9.64 Å². The average molecular weight is 638 g/mol. The Bertz CT molecular complexity index is 1490. The van der Waals surface area contributed by atoms with Gasteiger partial charge in [0.2, 0.25) is 0 Å². The molecular weight excluding hydrogens is 586 g/mol. The first-order valence-electron chi connectivity index (χ1n) is 16.7. The van der Waals surface area contributed by atoms with Gasteiger partial charge in [0.15, 0.2) is 11.5 Å². The van der Waals surface area contributed by atoms with Crippen LogP contribution in [0.1, 0.15) is 122 Å². The summed E-state index contributed by atoms with van der Waals surface area (Å²) in [6.45, 7) is 13.4. The van der Waals surface area contributed by atoms with Crippen LogP contribution in [-0.2, 0) is 5.41 Å². The van der Waals surface area contributed by atoms with Gasteiger partial charge in [0.1, 0.15) is 5.75 Å². The molecule has 0 N–H and O–H groups in total. The molecule has 4 rings (SSSR count). The van der Waals surface area contributed by atoms with E-state index in [1.165, 1.54) is 86.9 Å². The number of unbranched alkanes of at least 4 members (excludes halogenated alkanes) is 10. The van der Waals surface area contributed by atoms with Crippen molar-refractivity contribution in [1.82, 2.24) is 19.8 Å². The fraction of sp³-hybridized carbons (Fsp3) is 0.583. The lowest BCUT2D eigenvalue weighted by atomic mass is 9.91. The molecule has 0 unspecified atom stereocenters. The maximum atomic E-state index is 6.36. The zero-order valence-corrected chi connectivity index (χ0v) is 29.4. The van der Waals surface area contributed by atoms with Crippen molar-refractivity contribution < 1.29 is 4.74 Å². The van der Waals surface area contributed by atoms with E-state index in [2.05, 4.69) is 67.9 Å². The second-order valence-electron chi connectivity index (χ2n) is 13.0. The Hall–Kier alpha value is -2.64. The molecule has 0 radical (unpaired) electrons. The molecule has 0 saturated heterocycles. The number of aromatic nitrogens is 4. The van der Waals surface area contributed by atoms with Crippen LogP contribution in [-0.4, -0.2) is 40.0 Å². The lowest BCUT2D eigenvalue weighted by Crippen LogP contribution is -2.24. The van der Waals surface area contributed by atoms with Crippen molar-refractivity contribution in [3.05, 3.63) is 51.1 Å². The van der Waals surface area contributed by atoms with Crippen LogP contribution in [0.5, 0.6) is 5.75 Å². The molecule has 240 valence electrons. The number of methoxy groups -OCH3 is 1. The van der Waals surface area contributed by atoms with E-state index in [1.54, 1.807) is 7.11 Å². The Kier molecular flexibility index (Phi) is 12.9. The van der Waals surface area contributed by atoms with Crippen LogP contribution < -0.4 is 14.9 Å². The van der Waals surface area contributed by atoms with E-state index in [-0.39, 0.29) is 5.41 Å². The molecule has 0 bridgehead atoms. The van der Waals surface area contributed by atoms with E-state index >= 15 is 0 Å². The van der Waals surface area contributed by atoms with E-state index in [1.807, 2.05) is 34.1 Å². The van der Waals surface area contributed by atoms with Crippen LogP contribution in [0.4, 0.5) is 5.00 Å². The van der Waals surface area contributed by atoms with E-state index in [0.29, 0.717) is 16.6 Å². The smallest absolute Gasteiger partial charge is 0.189 e. The summed E-state index contributed by atoms with van der Waals surface area (Å²) in [4.78, 5) is 3.84. The third-order valence-electron chi connectivity index (χ3n) is 8.22. The summed E-state index contributed by atoms with van der Waals surface area (Å²) < 4.78 is 7.47. The van der Waals surface area contributed by atoms with Crippen molar-refractivity contribution in [2.75, 3.05) is 25.1 Å². The maximum absolute atomic E-state index is 6.36. The fourth-order valence-electron chi connectivity index (χ4n) is 5.74. The molecule has 0 aliphatic rings. The molecule has 3 aromatic heterocycles. The number of hydrogen-bond acceptors (Lipinski definition) is 6. The minimum absolute atomic E-state index is 0.177. The predicted octanol–water partition coefficient (Wildman–Crippen LogP) is 9.89. The molecule has 44 heavy (non-hydrogen) atoms. The van der Waals surface area contributed by atoms with Crippen LogP contribution in [0, 0.1) is 0 Å². The van der Waals surface area contributed by atoms with Crippen molar-refractivity contribution in [2.45, 2.75) is 117 Å². The average Bonchev–Trinajstić information content (AvgIpc) is 3.72. The first-order chi connectivity index (χ1) is 21.3. The quantitative estimate of drug-likeness (QED) is 0.102. The molecule has 0 amide bonds. The van der Waals surface area contributed by atoms with Crippen molar-refractivity contribution in [3.63, 3.8) is 0 Å². The second kappa shape index (κ2) is 16.6. The zero-order valence-electron chi connectivity index (χ0n) is 27.8. The summed E-state index contributed by atoms with van der Waals surface area (Å²) in [6.07, 6.45) is 18.1. The van der Waals surface area contributed by atoms with Crippen molar-refractivity contribution in [3.8, 4) is 17.1 Å². The highest BCUT2D eigenvalue weighted by atomic mass is 35.5. The zero-order chi connectivity index (χ0) is 31.5. The van der Waals surface area contributed by atoms with Crippen molar-refractivity contribution in [1.29, 1.82) is 0 Å². The molecule has 0 saturated carbocycles. The van der Waals surface area contributed by atoms with Crippen molar-refractivity contribution in [2.24, 2.45) is 0 Å². The van der Waals surface area contributed by atoms with Gasteiger partial charge in [0, 0.05) is 33.6 Å². The normalized spacial score (nSPS) is 12.5. The van der Waals surface area contributed by atoms with Gasteiger partial charge in [0.25, 0.3) is 0 Å². The number of ether oxygens (including phenoxy) is 1. The van der Waals surface area contributed by atoms with E-state index in [9.17, 15) is 0 Å². The third kappa shape index (κ3) is 8.97. The van der Waals surface area contributed by atoms with Crippen LogP contribution in [0.2, 0.25) is 5.02 Å². The minimum Gasteiger partial charge on any atom is -0.496 e. The Balaban J connectivity index is 1.62. The second-order valence-corrected chi connectivity index (χ2v) is 14.5. The Morgan fingerprint density at radius 3 is 2.11 bits per heavy atom. The lowest BCUT2D eigenvalue weighted by Gasteiger charge is -2.23. The van der Waals surface area contributed by atoms with Crippen LogP contribution in [0.15, 0.2) is 30.3 Å². The molecule has 0 atom stereocenters. The van der Waals surface area contributed by atoms with Crippen LogP contribution in [0.3, 0.4) is 0 Å². The summed E-state index contributed by atoms with van der Waals surface area (Å²) in [6, 6.07) is 10.1. The van der Waals surface area contributed by atoms with Gasteiger partial charge in [-0.15, -0.1) is 21.5 Å². The number of anilines is 1. The summed E-state index contributed by atoms with van der Waals surface area (Å²) in [7, 11) is 1.65. The number of nitrogens with zero attached hydrogens (tertiary/aromatic N) is 5. The molecule has 3 heterocycles. The predicted molar refractivity (Wildman–Crippen MR) is 189 cm³/mol. The first kappa shape index (κ1) is 34.2. The Morgan fingerprint density at radius 2 is 1.50 bits per heavy atom. The van der Waals surface area contributed by atoms with Gasteiger partial charge in [-0.1, -0.05) is 110 Å². The Labute approximate surface area is 273 Å². The third-order valence-corrected chi connectivity index (χ3v) is 9.55. The number of thiophene rings is 1. The van der Waals surface area contributed by atoms with Crippen LogP contribution in [0.25, 0.3) is 23.1 Å². The largest absolute Gasteiger partial charge is 0.496 e. The highest BCUT2D eigenvalue weighted by Gasteiger charge is 2.25. The lowest BCUT2D eigenvalue weighted by molar-refractivity contribution is 0.416. The minimum atomic E-state index is -0.177. The van der Waals surface area contributed by atoms with Gasteiger partial charge in [-0.05, 0) is 49.2 Å². The van der Waals surface area contributed by atoms with Crippen LogP contribution >= 0.6 is 22.9 Å². The standard InChI is InChI=1S/C36H52ClN5OS/c1-7-9-11-13-15-17-23-41(24-18-16-14-12-10-8-2)32-22-20-28(44-32)26-30-33(36(3,4)5)40-42-34(38-39-35(30)42)29-25-27(37)19-21-31(29)43-6/h19-22,25-26H,7-18,23-24H2,1-6H3/b30-26-. The molecule has 4 aromatic rings. The van der Waals surface area contributed by atoms with E-state index in [0.717, 1.165) is 35.2 Å². The summed E-state index contributed by atoms with van der Waals surface area (Å²) in [5.74, 6) is 1.31. The molecular formula is C36H52ClN5OS. The summed E-state index contributed by atoms with van der Waals surface area (Å²) in [5, 5.41) is 17.2. The first-order valence-corrected chi connectivity index (χ1v) is 17.9. The SMILES string of the molecule is CCCCCCCCN(CCCCCCCC)c1ccc(/C=c2/c(C(C)(C)C)nn3c(-c4cc(Cl)ccc4OC)nnc23)s1. The van der Waals surface area contributed by atoms with E-state index in [4.69, 9.17) is 21.4 Å². The number of fused-ring (bicyclic) bond motifs is 1. The molecule has 8 heteroatoms. The van der Waals surface area contributed by atoms with Gasteiger partial charge in [-0.3, -0.25) is 0 Å². The molecule has 1 aromatic carbocycles. The van der Waals surface area contributed by atoms with Gasteiger partial charge in [-0.2, -0.15) is 9.61 Å². The number of benzene rings is 1. The highest BCUT2D eigenvalue weighted by Crippen LogP contribution is 2.32. The topological polar surface area (TPSA) is 55.6 Å². The summed E-state index contributed by atoms with van der Waals surface area (Å²) in [5.41, 5.74) is 2.34. The number of rotatable bonds is 18.